The summed E-state index contributed by atoms with van der Waals surface area (Å²) in [7, 11) is 0. The smallest absolute Gasteiger partial charge is 0.228 e. The van der Waals surface area contributed by atoms with Gasteiger partial charge < -0.3 is 4.42 Å². The molecule has 0 N–H and O–H groups in total. The summed E-state index contributed by atoms with van der Waals surface area (Å²) in [6.45, 7) is 3.80. The Bertz CT molecular complexity index is 740. The molecular formula is C17H16N2O2. The second kappa shape index (κ2) is 5.48. The third-order valence-corrected chi connectivity index (χ3v) is 3.36. The fourth-order valence-electron chi connectivity index (χ4n) is 2.03. The van der Waals surface area contributed by atoms with Gasteiger partial charge in [0, 0.05) is 24.2 Å². The number of oxazole rings is 1. The van der Waals surface area contributed by atoms with Crippen LogP contribution >= 0.6 is 0 Å². The van der Waals surface area contributed by atoms with Crippen LogP contribution in [0.1, 0.15) is 19.5 Å². The second-order valence-corrected chi connectivity index (χ2v) is 5.32. The Labute approximate surface area is 122 Å². The molecule has 0 amide bonds. The molecule has 0 saturated heterocycles. The molecule has 0 fully saturated rings. The molecule has 0 spiro atoms. The predicted molar refractivity (Wildman–Crippen MR) is 80.8 cm³/mol. The average molecular weight is 280 g/mol. The second-order valence-electron chi connectivity index (χ2n) is 5.32. The van der Waals surface area contributed by atoms with Gasteiger partial charge in [-0.05, 0) is 24.3 Å². The molecule has 0 bridgehead atoms. The van der Waals surface area contributed by atoms with Crippen molar-refractivity contribution in [2.75, 3.05) is 0 Å². The van der Waals surface area contributed by atoms with E-state index in [-0.39, 0.29) is 11.7 Å². The highest BCUT2D eigenvalue weighted by Gasteiger charge is 2.11. The molecule has 2 heterocycles. The third-order valence-electron chi connectivity index (χ3n) is 3.36. The Hall–Kier alpha value is -2.49. The number of para-hydroxylation sites is 2. The zero-order chi connectivity index (χ0) is 14.8. The average Bonchev–Trinajstić information content (AvgIpc) is 2.91. The molecule has 0 aliphatic rings. The van der Waals surface area contributed by atoms with E-state index in [0.29, 0.717) is 12.3 Å². The van der Waals surface area contributed by atoms with Crippen LogP contribution in [0.2, 0.25) is 0 Å². The van der Waals surface area contributed by atoms with Crippen molar-refractivity contribution < 1.29 is 9.21 Å². The van der Waals surface area contributed by atoms with Crippen molar-refractivity contribution >= 4 is 16.9 Å². The molecule has 106 valence electrons. The number of rotatable bonds is 4. The molecule has 4 heteroatoms. The molecule has 4 nitrogen and oxygen atoms in total. The largest absolute Gasteiger partial charge is 0.436 e. The normalized spacial score (nSPS) is 11.2. The number of hydrogen-bond acceptors (Lipinski definition) is 4. The first-order valence-electron chi connectivity index (χ1n) is 6.97. The number of Topliss-reactive ketones (excluding diaryl/α,β-unsaturated/α-hetero) is 1. The third kappa shape index (κ3) is 2.84. The highest BCUT2D eigenvalue weighted by molar-refractivity contribution is 5.82. The topological polar surface area (TPSA) is 56.0 Å². The summed E-state index contributed by atoms with van der Waals surface area (Å²) in [5, 5.41) is 0. The van der Waals surface area contributed by atoms with Gasteiger partial charge in [-0.2, -0.15) is 0 Å². The lowest BCUT2D eigenvalue weighted by molar-refractivity contribution is -0.121. The zero-order valence-electron chi connectivity index (χ0n) is 12.0. The van der Waals surface area contributed by atoms with Crippen LogP contribution in [0, 0.1) is 5.92 Å². The van der Waals surface area contributed by atoms with Crippen LogP contribution in [-0.4, -0.2) is 15.8 Å². The van der Waals surface area contributed by atoms with Crippen molar-refractivity contribution in [1.82, 2.24) is 9.97 Å². The first kappa shape index (κ1) is 13.5. The molecule has 0 unspecified atom stereocenters. The molecule has 1 aromatic carbocycles. The van der Waals surface area contributed by atoms with Crippen LogP contribution in [0.15, 0.2) is 47.0 Å². The lowest BCUT2D eigenvalue weighted by Gasteiger charge is -2.03. The summed E-state index contributed by atoms with van der Waals surface area (Å²) < 4.78 is 5.70. The Balaban J connectivity index is 1.85. The summed E-state index contributed by atoms with van der Waals surface area (Å²) in [4.78, 5) is 20.5. The van der Waals surface area contributed by atoms with E-state index in [2.05, 4.69) is 9.97 Å². The molecule has 0 atom stereocenters. The lowest BCUT2D eigenvalue weighted by Crippen LogP contribution is -2.11. The van der Waals surface area contributed by atoms with Gasteiger partial charge in [-0.25, -0.2) is 4.98 Å². The number of nitrogens with zero attached hydrogens (tertiary/aromatic N) is 2. The van der Waals surface area contributed by atoms with Crippen LogP contribution in [0.4, 0.5) is 0 Å². The maximum absolute atomic E-state index is 11.7. The van der Waals surface area contributed by atoms with Crippen molar-refractivity contribution in [1.29, 1.82) is 0 Å². The number of hydrogen-bond donors (Lipinski definition) is 0. The molecule has 0 radical (unpaired) electrons. The van der Waals surface area contributed by atoms with Crippen LogP contribution in [0.3, 0.4) is 0 Å². The monoisotopic (exact) mass is 280 g/mol. The Morgan fingerprint density at radius 3 is 2.67 bits per heavy atom. The number of benzene rings is 1. The van der Waals surface area contributed by atoms with Crippen molar-refractivity contribution in [2.45, 2.75) is 20.3 Å². The number of pyridine rings is 1. The van der Waals surface area contributed by atoms with Crippen molar-refractivity contribution in [3.8, 4) is 11.5 Å². The van der Waals surface area contributed by atoms with E-state index < -0.39 is 0 Å². The van der Waals surface area contributed by atoms with Gasteiger partial charge in [0.25, 0.3) is 0 Å². The minimum Gasteiger partial charge on any atom is -0.436 e. The van der Waals surface area contributed by atoms with Crippen LogP contribution in [0.25, 0.3) is 22.6 Å². The van der Waals surface area contributed by atoms with E-state index in [4.69, 9.17) is 4.42 Å². The molecule has 0 aliphatic carbocycles. The fourth-order valence-corrected chi connectivity index (χ4v) is 2.03. The van der Waals surface area contributed by atoms with Gasteiger partial charge in [-0.1, -0.05) is 26.0 Å². The molecule has 21 heavy (non-hydrogen) atoms. The van der Waals surface area contributed by atoms with Gasteiger partial charge in [0.2, 0.25) is 5.89 Å². The van der Waals surface area contributed by atoms with Gasteiger partial charge >= 0.3 is 0 Å². The summed E-state index contributed by atoms with van der Waals surface area (Å²) in [6.07, 6.45) is 2.07. The minimum absolute atomic E-state index is 0.0310. The van der Waals surface area contributed by atoms with Gasteiger partial charge in [0.15, 0.2) is 5.58 Å². The van der Waals surface area contributed by atoms with E-state index >= 15 is 0 Å². The summed E-state index contributed by atoms with van der Waals surface area (Å²) in [6, 6.07) is 11.4. The fraction of sp³-hybridized carbons (Fsp3) is 0.235. The summed E-state index contributed by atoms with van der Waals surface area (Å²) >= 11 is 0. The van der Waals surface area contributed by atoms with E-state index in [0.717, 1.165) is 22.4 Å². The van der Waals surface area contributed by atoms with Crippen molar-refractivity contribution in [3.05, 3.63) is 48.3 Å². The van der Waals surface area contributed by atoms with Gasteiger partial charge in [0.05, 0.1) is 5.56 Å². The highest BCUT2D eigenvalue weighted by Crippen LogP contribution is 2.23. The highest BCUT2D eigenvalue weighted by atomic mass is 16.3. The number of aromatic nitrogens is 2. The van der Waals surface area contributed by atoms with E-state index in [1.807, 2.05) is 50.2 Å². The zero-order valence-corrected chi connectivity index (χ0v) is 12.0. The van der Waals surface area contributed by atoms with E-state index in [9.17, 15) is 4.79 Å². The standard InChI is InChI=1S/C17H16N2O2/c1-11(2)15(20)9-13-8-7-12(10-18-13)17-19-14-5-3-4-6-16(14)21-17/h3-8,10-11H,9H2,1-2H3. The Morgan fingerprint density at radius 1 is 1.19 bits per heavy atom. The molecular weight excluding hydrogens is 264 g/mol. The predicted octanol–water partition coefficient (Wildman–Crippen LogP) is 3.66. The lowest BCUT2D eigenvalue weighted by atomic mass is 10.0. The van der Waals surface area contributed by atoms with Crippen LogP contribution in [0.5, 0.6) is 0 Å². The van der Waals surface area contributed by atoms with Crippen LogP contribution < -0.4 is 0 Å². The van der Waals surface area contributed by atoms with Gasteiger partial charge in [0.1, 0.15) is 11.3 Å². The summed E-state index contributed by atoms with van der Waals surface area (Å²) in [5.74, 6) is 0.770. The molecule has 3 aromatic rings. The Kier molecular flexibility index (Phi) is 3.52. The molecule has 0 aliphatic heterocycles. The van der Waals surface area contributed by atoms with E-state index in [1.54, 1.807) is 6.20 Å². The van der Waals surface area contributed by atoms with Crippen molar-refractivity contribution in [3.63, 3.8) is 0 Å². The molecule has 0 saturated carbocycles. The number of ketones is 1. The van der Waals surface area contributed by atoms with E-state index in [1.165, 1.54) is 0 Å². The number of fused-ring (bicyclic) bond motifs is 1. The van der Waals surface area contributed by atoms with Gasteiger partial charge in [-0.3, -0.25) is 9.78 Å². The first-order chi connectivity index (χ1) is 10.1. The summed E-state index contributed by atoms with van der Waals surface area (Å²) in [5.41, 5.74) is 3.17. The molecule has 2 aromatic heterocycles. The number of carbonyl (C=O) groups excluding carboxylic acids is 1. The number of carbonyl (C=O) groups is 1. The quantitative estimate of drug-likeness (QED) is 0.732. The first-order valence-corrected chi connectivity index (χ1v) is 6.97. The Morgan fingerprint density at radius 2 is 2.00 bits per heavy atom. The van der Waals surface area contributed by atoms with Gasteiger partial charge in [-0.15, -0.1) is 0 Å². The SMILES string of the molecule is CC(C)C(=O)Cc1ccc(-c2nc3ccccc3o2)cn1. The maximum Gasteiger partial charge on any atom is 0.228 e. The molecule has 3 rings (SSSR count). The maximum atomic E-state index is 11.7. The van der Waals surface area contributed by atoms with Crippen molar-refractivity contribution in [2.24, 2.45) is 5.92 Å². The van der Waals surface area contributed by atoms with Crippen LogP contribution in [-0.2, 0) is 11.2 Å². The minimum atomic E-state index is 0.0310.